The van der Waals surface area contributed by atoms with Gasteiger partial charge in [0.15, 0.2) is 0 Å². The van der Waals surface area contributed by atoms with Gasteiger partial charge >= 0.3 is 0 Å². The maximum atomic E-state index is 4.67. The minimum absolute atomic E-state index is 0.0345. The largest absolute Gasteiger partial charge is 0.344 e. The average Bonchev–Trinajstić information content (AvgIpc) is 2.66. The lowest BCUT2D eigenvalue weighted by Crippen LogP contribution is -2.32. The lowest BCUT2D eigenvalue weighted by molar-refractivity contribution is 0.552. The van der Waals surface area contributed by atoms with Gasteiger partial charge in [0.05, 0.1) is 0 Å². The van der Waals surface area contributed by atoms with Crippen LogP contribution in [0.4, 0.5) is 5.13 Å². The van der Waals surface area contributed by atoms with E-state index >= 15 is 0 Å². The van der Waals surface area contributed by atoms with Crippen molar-refractivity contribution >= 4 is 32.6 Å². The highest BCUT2D eigenvalue weighted by atomic mass is 79.9. The van der Waals surface area contributed by atoms with Gasteiger partial charge in [-0.3, -0.25) is 0 Å². The zero-order chi connectivity index (χ0) is 13.1. The summed E-state index contributed by atoms with van der Waals surface area (Å²) < 4.78 is 4.48. The Hall–Kier alpha value is -0.160. The summed E-state index contributed by atoms with van der Waals surface area (Å²) in [6.07, 6.45) is 1.13. The number of anilines is 1. The molecule has 3 nitrogen and oxygen atoms in total. The van der Waals surface area contributed by atoms with Gasteiger partial charge in [-0.1, -0.05) is 36.7 Å². The molecule has 0 saturated carbocycles. The number of hydrogen-bond donors (Lipinski definition) is 0. The standard InChI is InChI=1S/C12H22BrN3S/c1-9(2)16(8-6-7-13)11-14-10(15-17-11)12(3,4)5/h9H,6-8H2,1-5H3. The molecule has 0 amide bonds. The van der Waals surface area contributed by atoms with Crippen LogP contribution in [0, 0.1) is 0 Å². The molecule has 0 aliphatic rings. The highest BCUT2D eigenvalue weighted by molar-refractivity contribution is 9.09. The van der Waals surface area contributed by atoms with Crippen molar-refractivity contribution in [2.24, 2.45) is 0 Å². The van der Waals surface area contributed by atoms with E-state index in [4.69, 9.17) is 0 Å². The molecule has 1 heterocycles. The molecule has 0 unspecified atom stereocenters. The molecule has 98 valence electrons. The number of hydrogen-bond acceptors (Lipinski definition) is 4. The highest BCUT2D eigenvalue weighted by Gasteiger charge is 2.22. The van der Waals surface area contributed by atoms with E-state index in [9.17, 15) is 0 Å². The molecule has 5 heteroatoms. The predicted octanol–water partition coefficient (Wildman–Crippen LogP) is 3.84. The summed E-state index contributed by atoms with van der Waals surface area (Å²) in [5.41, 5.74) is 0.0345. The van der Waals surface area contributed by atoms with Crippen LogP contribution in [-0.4, -0.2) is 27.3 Å². The van der Waals surface area contributed by atoms with Gasteiger partial charge in [0.1, 0.15) is 5.82 Å². The van der Waals surface area contributed by atoms with Gasteiger partial charge in [-0.15, -0.1) is 0 Å². The van der Waals surface area contributed by atoms with E-state index in [1.807, 2.05) is 0 Å². The first kappa shape index (κ1) is 14.9. The Morgan fingerprint density at radius 2 is 2.00 bits per heavy atom. The fourth-order valence-electron chi connectivity index (χ4n) is 1.44. The van der Waals surface area contributed by atoms with Gasteiger partial charge < -0.3 is 4.90 Å². The molecule has 0 aromatic carbocycles. The monoisotopic (exact) mass is 319 g/mol. The summed E-state index contributed by atoms with van der Waals surface area (Å²) in [6, 6.07) is 0.467. The first-order valence-electron chi connectivity index (χ1n) is 6.03. The number of halogens is 1. The minimum Gasteiger partial charge on any atom is -0.344 e. The van der Waals surface area contributed by atoms with Gasteiger partial charge in [0.2, 0.25) is 5.13 Å². The summed E-state index contributed by atoms with van der Waals surface area (Å²) >= 11 is 4.99. The number of nitrogens with zero attached hydrogens (tertiary/aromatic N) is 3. The normalized spacial score (nSPS) is 12.2. The van der Waals surface area contributed by atoms with E-state index in [0.717, 1.165) is 29.3 Å². The van der Waals surface area contributed by atoms with Crippen molar-refractivity contribution in [3.8, 4) is 0 Å². The Kier molecular flexibility index (Phi) is 5.38. The van der Waals surface area contributed by atoms with Gasteiger partial charge in [0, 0.05) is 34.9 Å². The molecule has 0 aliphatic heterocycles. The van der Waals surface area contributed by atoms with Crippen LogP contribution in [0.25, 0.3) is 0 Å². The van der Waals surface area contributed by atoms with Crippen molar-refractivity contribution in [2.75, 3.05) is 16.8 Å². The highest BCUT2D eigenvalue weighted by Crippen LogP contribution is 2.26. The van der Waals surface area contributed by atoms with Gasteiger partial charge in [0.25, 0.3) is 0 Å². The second kappa shape index (κ2) is 6.14. The van der Waals surface area contributed by atoms with E-state index in [1.165, 1.54) is 11.5 Å². The molecule has 0 spiro atoms. The van der Waals surface area contributed by atoms with Crippen molar-refractivity contribution in [2.45, 2.75) is 52.5 Å². The fourth-order valence-corrected chi connectivity index (χ4v) is 2.71. The zero-order valence-electron chi connectivity index (χ0n) is 11.3. The fraction of sp³-hybridized carbons (Fsp3) is 0.833. The van der Waals surface area contributed by atoms with Gasteiger partial charge in [-0.05, 0) is 20.3 Å². The Bertz CT molecular complexity index is 344. The smallest absolute Gasteiger partial charge is 0.205 e. The van der Waals surface area contributed by atoms with Crippen molar-refractivity contribution in [1.29, 1.82) is 0 Å². The molecule has 1 aromatic rings. The molecule has 0 atom stereocenters. The quantitative estimate of drug-likeness (QED) is 0.772. The van der Waals surface area contributed by atoms with E-state index < -0.39 is 0 Å². The third-order valence-corrected chi connectivity index (χ3v) is 3.80. The summed E-state index contributed by atoms with van der Waals surface area (Å²) in [4.78, 5) is 7.00. The molecule has 0 radical (unpaired) electrons. The van der Waals surface area contributed by atoms with E-state index in [-0.39, 0.29) is 5.41 Å². The first-order valence-corrected chi connectivity index (χ1v) is 7.92. The Morgan fingerprint density at radius 3 is 2.41 bits per heavy atom. The van der Waals surface area contributed by atoms with E-state index in [2.05, 4.69) is 64.8 Å². The minimum atomic E-state index is 0.0345. The second-order valence-electron chi connectivity index (χ2n) is 5.48. The molecule has 0 bridgehead atoms. The predicted molar refractivity (Wildman–Crippen MR) is 79.5 cm³/mol. The Balaban J connectivity index is 2.84. The van der Waals surface area contributed by atoms with Crippen LogP contribution in [-0.2, 0) is 5.41 Å². The van der Waals surface area contributed by atoms with Gasteiger partial charge in [-0.2, -0.15) is 4.37 Å². The van der Waals surface area contributed by atoms with Crippen LogP contribution >= 0.6 is 27.5 Å². The van der Waals surface area contributed by atoms with E-state index in [0.29, 0.717) is 6.04 Å². The summed E-state index contributed by atoms with van der Waals surface area (Å²) in [5, 5.41) is 2.08. The third-order valence-electron chi connectivity index (χ3n) is 2.49. The topological polar surface area (TPSA) is 29.0 Å². The van der Waals surface area contributed by atoms with Crippen LogP contribution in [0.15, 0.2) is 0 Å². The van der Waals surface area contributed by atoms with Crippen molar-refractivity contribution < 1.29 is 0 Å². The molecule has 1 aromatic heterocycles. The molecular weight excluding hydrogens is 298 g/mol. The molecule has 1 rings (SSSR count). The van der Waals surface area contributed by atoms with Crippen LogP contribution in [0.5, 0.6) is 0 Å². The Labute approximate surface area is 117 Å². The second-order valence-corrected chi connectivity index (χ2v) is 7.00. The molecule has 17 heavy (non-hydrogen) atoms. The van der Waals surface area contributed by atoms with Crippen LogP contribution in [0.2, 0.25) is 0 Å². The zero-order valence-corrected chi connectivity index (χ0v) is 13.7. The maximum absolute atomic E-state index is 4.67. The summed E-state index contributed by atoms with van der Waals surface area (Å²) in [5.74, 6) is 0.946. The van der Waals surface area contributed by atoms with Crippen molar-refractivity contribution in [3.05, 3.63) is 5.82 Å². The summed E-state index contributed by atoms with van der Waals surface area (Å²) in [7, 11) is 0. The van der Waals surface area contributed by atoms with Crippen molar-refractivity contribution in [1.82, 2.24) is 9.36 Å². The lowest BCUT2D eigenvalue weighted by Gasteiger charge is -2.25. The number of alkyl halides is 1. The van der Waals surface area contributed by atoms with Gasteiger partial charge in [-0.25, -0.2) is 4.98 Å². The molecule has 0 saturated heterocycles. The Morgan fingerprint density at radius 1 is 1.35 bits per heavy atom. The van der Waals surface area contributed by atoms with Crippen LogP contribution < -0.4 is 4.90 Å². The van der Waals surface area contributed by atoms with E-state index in [1.54, 1.807) is 0 Å². The molecule has 0 aliphatic carbocycles. The molecule has 0 fully saturated rings. The lowest BCUT2D eigenvalue weighted by atomic mass is 9.96. The molecular formula is C12H22BrN3S. The molecule has 0 N–H and O–H groups in total. The van der Waals surface area contributed by atoms with Crippen LogP contribution in [0.3, 0.4) is 0 Å². The SMILES string of the molecule is CC(C)N(CCCBr)c1nc(C(C)(C)C)ns1. The average molecular weight is 320 g/mol. The number of aromatic nitrogens is 2. The van der Waals surface area contributed by atoms with Crippen LogP contribution in [0.1, 0.15) is 46.9 Å². The number of rotatable bonds is 5. The third kappa shape index (κ3) is 4.21. The maximum Gasteiger partial charge on any atom is 0.205 e. The van der Waals surface area contributed by atoms with Crippen molar-refractivity contribution in [3.63, 3.8) is 0 Å². The first-order chi connectivity index (χ1) is 7.86. The summed E-state index contributed by atoms with van der Waals surface area (Å²) in [6.45, 7) is 11.9.